The third-order valence-corrected chi connectivity index (χ3v) is 7.86. The molecule has 2 aromatic carbocycles. The fraction of sp³-hybridized carbons (Fsp3) is 0.538. The lowest BCUT2D eigenvalue weighted by Crippen LogP contribution is -2.65. The maximum atomic E-state index is 2.83. The van der Waals surface area contributed by atoms with Gasteiger partial charge in [0.1, 0.15) is 0 Å². The Bertz CT molecular complexity index is 705. The molecule has 2 nitrogen and oxygen atoms in total. The Balaban J connectivity index is 1.57. The molecule has 0 spiro atoms. The summed E-state index contributed by atoms with van der Waals surface area (Å²) in [6, 6.07) is 24.7. The molecule has 3 heterocycles. The molecule has 3 aliphatic heterocycles. The van der Waals surface area contributed by atoms with Gasteiger partial charge >= 0.3 is 0 Å². The van der Waals surface area contributed by atoms with E-state index in [-0.39, 0.29) is 0 Å². The van der Waals surface area contributed by atoms with E-state index in [4.69, 9.17) is 0 Å². The second-order valence-electron chi connectivity index (χ2n) is 9.26. The van der Waals surface area contributed by atoms with Crippen LogP contribution in [0, 0.1) is 5.92 Å². The van der Waals surface area contributed by atoms with Crippen LogP contribution in [0.15, 0.2) is 60.7 Å². The molecule has 0 aromatic heterocycles. The maximum absolute atomic E-state index is 2.83. The highest BCUT2D eigenvalue weighted by atomic mass is 15.3. The van der Waals surface area contributed by atoms with Gasteiger partial charge in [-0.1, -0.05) is 73.5 Å². The van der Waals surface area contributed by atoms with E-state index in [2.05, 4.69) is 77.5 Å². The summed E-state index contributed by atoms with van der Waals surface area (Å²) in [6.07, 6.45) is 8.40. The van der Waals surface area contributed by atoms with Gasteiger partial charge in [-0.15, -0.1) is 0 Å². The zero-order valence-corrected chi connectivity index (χ0v) is 17.2. The molecule has 0 amide bonds. The van der Waals surface area contributed by atoms with Crippen molar-refractivity contribution >= 4 is 0 Å². The third-order valence-electron chi connectivity index (χ3n) is 7.86. The second-order valence-corrected chi connectivity index (χ2v) is 9.26. The zero-order valence-electron chi connectivity index (χ0n) is 17.2. The third kappa shape index (κ3) is 3.31. The van der Waals surface area contributed by atoms with Crippen LogP contribution in [0.25, 0.3) is 0 Å². The first-order valence-corrected chi connectivity index (χ1v) is 11.4. The molecular weight excluding hydrogens is 340 g/mol. The SMILES string of the molecule is CN(C1CCCC1)[C@@H]1C2CCN(CC2)[C@@H]1C(c1ccccc1)c1ccccc1. The molecule has 1 saturated carbocycles. The van der Waals surface area contributed by atoms with Gasteiger partial charge in [0.15, 0.2) is 0 Å². The number of hydrogen-bond donors (Lipinski definition) is 0. The number of piperidine rings is 3. The topological polar surface area (TPSA) is 6.48 Å². The molecule has 4 aliphatic rings. The molecule has 3 saturated heterocycles. The van der Waals surface area contributed by atoms with Gasteiger partial charge in [0.25, 0.3) is 0 Å². The first kappa shape index (κ1) is 18.4. The predicted molar refractivity (Wildman–Crippen MR) is 117 cm³/mol. The molecular formula is C26H34N2. The van der Waals surface area contributed by atoms with E-state index in [9.17, 15) is 0 Å². The predicted octanol–water partition coefficient (Wildman–Crippen LogP) is 5.16. The molecule has 0 N–H and O–H groups in total. The minimum absolute atomic E-state index is 0.458. The van der Waals surface area contributed by atoms with E-state index < -0.39 is 0 Å². The van der Waals surface area contributed by atoms with E-state index in [1.807, 2.05) is 0 Å². The Morgan fingerprint density at radius 1 is 0.786 bits per heavy atom. The average Bonchev–Trinajstić information content (AvgIpc) is 3.31. The van der Waals surface area contributed by atoms with E-state index in [0.717, 1.165) is 12.0 Å². The van der Waals surface area contributed by atoms with Crippen molar-refractivity contribution in [2.24, 2.45) is 5.92 Å². The molecule has 148 valence electrons. The Kier molecular flexibility index (Phi) is 5.26. The number of hydrogen-bond acceptors (Lipinski definition) is 2. The zero-order chi connectivity index (χ0) is 18.9. The largest absolute Gasteiger partial charge is 0.299 e. The van der Waals surface area contributed by atoms with Gasteiger partial charge in [0.05, 0.1) is 0 Å². The molecule has 2 aromatic rings. The van der Waals surface area contributed by atoms with E-state index in [1.165, 1.54) is 62.7 Å². The summed E-state index contributed by atoms with van der Waals surface area (Å²) in [5.74, 6) is 1.31. The van der Waals surface area contributed by atoms with Crippen molar-refractivity contribution in [3.63, 3.8) is 0 Å². The highest BCUT2D eigenvalue weighted by Crippen LogP contribution is 2.45. The van der Waals surface area contributed by atoms with Crippen LogP contribution in [0.4, 0.5) is 0 Å². The van der Waals surface area contributed by atoms with Crippen LogP contribution in [0.2, 0.25) is 0 Å². The number of rotatable bonds is 5. The number of fused-ring (bicyclic) bond motifs is 3. The Morgan fingerprint density at radius 3 is 1.86 bits per heavy atom. The molecule has 2 heteroatoms. The minimum atomic E-state index is 0.458. The molecule has 0 unspecified atom stereocenters. The van der Waals surface area contributed by atoms with Gasteiger partial charge in [0.2, 0.25) is 0 Å². The van der Waals surface area contributed by atoms with Gasteiger partial charge in [-0.2, -0.15) is 0 Å². The molecule has 0 radical (unpaired) electrons. The lowest BCUT2D eigenvalue weighted by Gasteiger charge is -2.57. The monoisotopic (exact) mass is 374 g/mol. The van der Waals surface area contributed by atoms with Crippen LogP contribution in [-0.2, 0) is 0 Å². The van der Waals surface area contributed by atoms with E-state index >= 15 is 0 Å². The highest BCUT2D eigenvalue weighted by Gasteiger charge is 2.49. The van der Waals surface area contributed by atoms with E-state index in [1.54, 1.807) is 0 Å². The summed E-state index contributed by atoms with van der Waals surface area (Å²) in [7, 11) is 2.45. The molecule has 1 aliphatic carbocycles. The highest BCUT2D eigenvalue weighted by molar-refractivity contribution is 5.36. The van der Waals surface area contributed by atoms with Crippen LogP contribution >= 0.6 is 0 Å². The Labute approximate surface area is 170 Å². The molecule has 6 rings (SSSR count). The van der Waals surface area contributed by atoms with Gasteiger partial charge < -0.3 is 0 Å². The van der Waals surface area contributed by atoms with Crippen molar-refractivity contribution < 1.29 is 0 Å². The lowest BCUT2D eigenvalue weighted by molar-refractivity contribution is -0.0540. The normalized spacial score (nSPS) is 30.4. The van der Waals surface area contributed by atoms with Crippen molar-refractivity contribution in [2.75, 3.05) is 20.1 Å². The summed E-state index contributed by atoms with van der Waals surface area (Å²) >= 11 is 0. The number of benzene rings is 2. The summed E-state index contributed by atoms with van der Waals surface area (Å²) in [5.41, 5.74) is 2.96. The van der Waals surface area contributed by atoms with Crippen LogP contribution in [0.3, 0.4) is 0 Å². The van der Waals surface area contributed by atoms with Crippen LogP contribution < -0.4 is 0 Å². The van der Waals surface area contributed by atoms with Crippen molar-refractivity contribution in [1.82, 2.24) is 9.80 Å². The van der Waals surface area contributed by atoms with Gasteiger partial charge in [-0.05, 0) is 62.9 Å². The lowest BCUT2D eigenvalue weighted by atomic mass is 9.69. The quantitative estimate of drug-likeness (QED) is 0.713. The van der Waals surface area contributed by atoms with Crippen molar-refractivity contribution in [1.29, 1.82) is 0 Å². The molecule has 2 bridgehead atoms. The van der Waals surface area contributed by atoms with Gasteiger partial charge in [-0.25, -0.2) is 0 Å². The standard InChI is InChI=1S/C26H34N2/c1-27(23-14-8-9-15-23)25-22-16-18-28(19-17-22)26(25)24(20-10-4-2-5-11-20)21-12-6-3-7-13-21/h2-7,10-13,22-26H,8-9,14-19H2,1H3/t25-,26-/m1/s1. The van der Waals surface area contributed by atoms with Crippen LogP contribution in [0.1, 0.15) is 55.6 Å². The van der Waals surface area contributed by atoms with Gasteiger partial charge in [-0.3, -0.25) is 9.80 Å². The Morgan fingerprint density at radius 2 is 1.32 bits per heavy atom. The fourth-order valence-corrected chi connectivity index (χ4v) is 6.50. The smallest absolute Gasteiger partial charge is 0.0363 e. The fourth-order valence-electron chi connectivity index (χ4n) is 6.50. The summed E-state index contributed by atoms with van der Waals surface area (Å²) in [4.78, 5) is 5.66. The first-order valence-electron chi connectivity index (χ1n) is 11.4. The van der Waals surface area contributed by atoms with Crippen molar-refractivity contribution in [3.8, 4) is 0 Å². The summed E-state index contributed by atoms with van der Waals surface area (Å²) < 4.78 is 0. The van der Waals surface area contributed by atoms with Crippen molar-refractivity contribution in [2.45, 2.75) is 62.6 Å². The number of likely N-dealkylation sites (N-methyl/N-ethyl adjacent to an activating group) is 1. The second kappa shape index (κ2) is 8.00. The number of nitrogens with zero attached hydrogens (tertiary/aromatic N) is 2. The van der Waals surface area contributed by atoms with Crippen molar-refractivity contribution in [3.05, 3.63) is 71.8 Å². The van der Waals surface area contributed by atoms with Gasteiger partial charge in [0, 0.05) is 24.0 Å². The Hall–Kier alpha value is -1.64. The maximum Gasteiger partial charge on any atom is 0.0363 e. The minimum Gasteiger partial charge on any atom is -0.299 e. The first-order chi connectivity index (χ1) is 13.8. The van der Waals surface area contributed by atoms with E-state index in [0.29, 0.717) is 18.0 Å². The van der Waals surface area contributed by atoms with Crippen LogP contribution in [-0.4, -0.2) is 48.1 Å². The summed E-state index contributed by atoms with van der Waals surface area (Å²) in [6.45, 7) is 2.56. The molecule has 28 heavy (non-hydrogen) atoms. The van der Waals surface area contributed by atoms with Crippen LogP contribution in [0.5, 0.6) is 0 Å². The molecule has 2 atom stereocenters. The average molecular weight is 375 g/mol. The summed E-state index contributed by atoms with van der Waals surface area (Å²) in [5, 5.41) is 0. The molecule has 4 fully saturated rings.